The summed E-state index contributed by atoms with van der Waals surface area (Å²) in [6.45, 7) is 0. The highest BCUT2D eigenvalue weighted by atomic mass is 35.5. The Bertz CT molecular complexity index is 1380. The van der Waals surface area contributed by atoms with E-state index in [1.165, 1.54) is 12.1 Å². The molecule has 0 atom stereocenters. The van der Waals surface area contributed by atoms with Crippen LogP contribution in [0.4, 0.5) is 11.4 Å². The smallest absolute Gasteiger partial charge is 0.264 e. The van der Waals surface area contributed by atoms with Crippen LogP contribution in [0, 0.1) is 0 Å². The molecule has 0 unspecified atom stereocenters. The van der Waals surface area contributed by atoms with E-state index in [2.05, 4.69) is 15.0 Å². The van der Waals surface area contributed by atoms with Gasteiger partial charge in [0.2, 0.25) is 5.91 Å². The maximum Gasteiger partial charge on any atom is 0.264 e. The molecule has 0 radical (unpaired) electrons. The number of halogens is 2. The van der Waals surface area contributed by atoms with Crippen molar-refractivity contribution >= 4 is 61.4 Å². The molecular weight excluding hydrogens is 469 g/mol. The zero-order valence-corrected chi connectivity index (χ0v) is 18.9. The standard InChI is InChI=1S/C23H17Cl2N3O3S/c24-18-6-2-7-19(25)23(18)32(30,31)28-17-11-9-15(10-12-17)14-21(29)27-20-8-1-4-16-5-3-13-26-22(16)20/h1-13,28H,14H2,(H,27,29). The number of carbonyl (C=O) groups is 1. The lowest BCUT2D eigenvalue weighted by Crippen LogP contribution is -2.15. The van der Waals surface area contributed by atoms with Crippen molar-refractivity contribution in [3.05, 3.63) is 94.6 Å². The van der Waals surface area contributed by atoms with E-state index in [0.717, 1.165) is 10.9 Å². The molecule has 0 aliphatic rings. The number of carbonyl (C=O) groups excluding carboxylic acids is 1. The summed E-state index contributed by atoms with van der Waals surface area (Å²) in [5.41, 5.74) is 2.39. The summed E-state index contributed by atoms with van der Waals surface area (Å²) in [7, 11) is -3.97. The molecule has 1 aromatic heterocycles. The van der Waals surface area contributed by atoms with Gasteiger partial charge in [0, 0.05) is 17.3 Å². The van der Waals surface area contributed by atoms with E-state index in [1.54, 1.807) is 42.6 Å². The Kier molecular flexibility index (Phi) is 6.32. The van der Waals surface area contributed by atoms with E-state index >= 15 is 0 Å². The van der Waals surface area contributed by atoms with Gasteiger partial charge in [-0.3, -0.25) is 14.5 Å². The molecule has 3 aromatic carbocycles. The summed E-state index contributed by atoms with van der Waals surface area (Å²) in [4.78, 5) is 16.7. The van der Waals surface area contributed by atoms with Gasteiger partial charge in [-0.05, 0) is 42.0 Å². The average Bonchev–Trinajstić information content (AvgIpc) is 2.75. The first-order valence-electron chi connectivity index (χ1n) is 9.53. The van der Waals surface area contributed by atoms with Crippen molar-refractivity contribution in [1.82, 2.24) is 4.98 Å². The molecule has 0 saturated carbocycles. The van der Waals surface area contributed by atoms with Crippen LogP contribution in [0.25, 0.3) is 10.9 Å². The summed E-state index contributed by atoms with van der Waals surface area (Å²) in [5.74, 6) is -0.209. The van der Waals surface area contributed by atoms with E-state index < -0.39 is 10.0 Å². The molecular formula is C23H17Cl2N3O3S. The molecule has 0 aliphatic heterocycles. The number of fused-ring (bicyclic) bond motifs is 1. The van der Waals surface area contributed by atoms with Crippen LogP contribution >= 0.6 is 23.2 Å². The van der Waals surface area contributed by atoms with Crippen LogP contribution in [-0.2, 0) is 21.2 Å². The summed E-state index contributed by atoms with van der Waals surface area (Å²) in [6.07, 6.45) is 1.79. The van der Waals surface area contributed by atoms with Gasteiger partial charge >= 0.3 is 0 Å². The molecule has 162 valence electrons. The van der Waals surface area contributed by atoms with Crippen LogP contribution in [0.15, 0.2) is 83.9 Å². The van der Waals surface area contributed by atoms with Gasteiger partial charge in [-0.15, -0.1) is 0 Å². The normalized spacial score (nSPS) is 11.3. The number of amides is 1. The number of rotatable bonds is 6. The first-order chi connectivity index (χ1) is 15.3. The number of nitrogens with zero attached hydrogens (tertiary/aromatic N) is 1. The van der Waals surface area contributed by atoms with Crippen LogP contribution in [0.3, 0.4) is 0 Å². The third-order valence-corrected chi connectivity index (χ3v) is 7.00. The van der Waals surface area contributed by atoms with Gasteiger partial charge in [-0.1, -0.05) is 59.6 Å². The molecule has 1 amide bonds. The largest absolute Gasteiger partial charge is 0.324 e. The number of benzene rings is 3. The fourth-order valence-corrected chi connectivity index (χ4v) is 5.43. The van der Waals surface area contributed by atoms with Crippen LogP contribution in [0.1, 0.15) is 5.56 Å². The zero-order chi connectivity index (χ0) is 22.7. The summed E-state index contributed by atoms with van der Waals surface area (Å²) >= 11 is 12.0. The van der Waals surface area contributed by atoms with Gasteiger partial charge in [0.1, 0.15) is 4.90 Å². The van der Waals surface area contributed by atoms with Gasteiger partial charge in [0.15, 0.2) is 0 Å². The molecule has 2 N–H and O–H groups in total. The number of nitrogens with one attached hydrogen (secondary N) is 2. The van der Waals surface area contributed by atoms with E-state index in [1.807, 2.05) is 24.3 Å². The van der Waals surface area contributed by atoms with Gasteiger partial charge < -0.3 is 5.32 Å². The van der Waals surface area contributed by atoms with Crippen molar-refractivity contribution in [2.75, 3.05) is 10.0 Å². The number of hydrogen-bond donors (Lipinski definition) is 2. The Hall–Kier alpha value is -3.13. The number of aromatic nitrogens is 1. The molecule has 9 heteroatoms. The maximum atomic E-state index is 12.7. The quantitative estimate of drug-likeness (QED) is 0.376. The zero-order valence-electron chi connectivity index (χ0n) is 16.5. The summed E-state index contributed by atoms with van der Waals surface area (Å²) < 4.78 is 27.8. The number of pyridine rings is 1. The van der Waals surface area contributed by atoms with E-state index in [4.69, 9.17) is 23.2 Å². The lowest BCUT2D eigenvalue weighted by atomic mass is 10.1. The van der Waals surface area contributed by atoms with Crippen molar-refractivity contribution in [3.63, 3.8) is 0 Å². The van der Waals surface area contributed by atoms with Crippen molar-refractivity contribution in [2.45, 2.75) is 11.3 Å². The summed E-state index contributed by atoms with van der Waals surface area (Å²) in [5, 5.41) is 3.87. The molecule has 0 saturated heterocycles. The second-order valence-corrected chi connectivity index (χ2v) is 9.39. The van der Waals surface area contributed by atoms with Crippen molar-refractivity contribution < 1.29 is 13.2 Å². The molecule has 0 spiro atoms. The third-order valence-electron chi connectivity index (χ3n) is 4.67. The number of anilines is 2. The molecule has 0 bridgehead atoms. The first kappa shape index (κ1) is 22.1. The molecule has 1 heterocycles. The highest BCUT2D eigenvalue weighted by molar-refractivity contribution is 7.93. The SMILES string of the molecule is O=C(Cc1ccc(NS(=O)(=O)c2c(Cl)cccc2Cl)cc1)Nc1cccc2cccnc12. The monoisotopic (exact) mass is 485 g/mol. The fourth-order valence-electron chi connectivity index (χ4n) is 3.22. The second kappa shape index (κ2) is 9.16. The highest BCUT2D eigenvalue weighted by Gasteiger charge is 2.21. The Morgan fingerprint density at radius 1 is 0.875 bits per heavy atom. The maximum absolute atomic E-state index is 12.7. The molecule has 4 rings (SSSR count). The first-order valence-corrected chi connectivity index (χ1v) is 11.8. The minimum Gasteiger partial charge on any atom is -0.324 e. The fraction of sp³-hybridized carbons (Fsp3) is 0.0435. The topological polar surface area (TPSA) is 88.2 Å². The minimum absolute atomic E-state index is 0.0289. The lowest BCUT2D eigenvalue weighted by molar-refractivity contribution is -0.115. The highest BCUT2D eigenvalue weighted by Crippen LogP contribution is 2.30. The van der Waals surface area contributed by atoms with Crippen molar-refractivity contribution in [2.24, 2.45) is 0 Å². The molecule has 4 aromatic rings. The molecule has 32 heavy (non-hydrogen) atoms. The average molecular weight is 486 g/mol. The second-order valence-electron chi connectivity index (χ2n) is 6.96. The molecule has 0 aliphatic carbocycles. The lowest BCUT2D eigenvalue weighted by Gasteiger charge is -2.12. The predicted molar refractivity (Wildman–Crippen MR) is 128 cm³/mol. The summed E-state index contributed by atoms with van der Waals surface area (Å²) in [6, 6.07) is 20.3. The third kappa shape index (κ3) is 4.85. The Labute approximate surface area is 195 Å². The van der Waals surface area contributed by atoms with E-state index in [-0.39, 0.29) is 27.3 Å². The Morgan fingerprint density at radius 3 is 2.25 bits per heavy atom. The van der Waals surface area contributed by atoms with E-state index in [9.17, 15) is 13.2 Å². The minimum atomic E-state index is -3.97. The van der Waals surface area contributed by atoms with Crippen LogP contribution in [-0.4, -0.2) is 19.3 Å². The van der Waals surface area contributed by atoms with Crippen molar-refractivity contribution in [1.29, 1.82) is 0 Å². The van der Waals surface area contributed by atoms with Crippen LogP contribution in [0.2, 0.25) is 10.0 Å². The van der Waals surface area contributed by atoms with Gasteiger partial charge in [-0.25, -0.2) is 8.42 Å². The van der Waals surface area contributed by atoms with Crippen molar-refractivity contribution in [3.8, 4) is 0 Å². The number of hydrogen-bond acceptors (Lipinski definition) is 4. The van der Waals surface area contributed by atoms with Gasteiger partial charge in [-0.2, -0.15) is 0 Å². The van der Waals surface area contributed by atoms with Gasteiger partial charge in [0.25, 0.3) is 10.0 Å². The number of para-hydroxylation sites is 1. The Morgan fingerprint density at radius 2 is 1.53 bits per heavy atom. The van der Waals surface area contributed by atoms with E-state index in [0.29, 0.717) is 16.9 Å². The molecule has 0 fully saturated rings. The Balaban J connectivity index is 1.45. The molecule has 6 nitrogen and oxygen atoms in total. The van der Waals surface area contributed by atoms with Crippen LogP contribution in [0.5, 0.6) is 0 Å². The predicted octanol–water partition coefficient (Wildman–Crippen LogP) is 5.52. The van der Waals surface area contributed by atoms with Gasteiger partial charge in [0.05, 0.1) is 27.7 Å². The van der Waals surface area contributed by atoms with Crippen LogP contribution < -0.4 is 10.0 Å². The number of sulfonamides is 1.